The second-order valence-electron chi connectivity index (χ2n) is 9.27. The number of pyridine rings is 1. The van der Waals surface area contributed by atoms with Gasteiger partial charge in [0.1, 0.15) is 11.9 Å². The van der Waals surface area contributed by atoms with Gasteiger partial charge in [-0.05, 0) is 55.2 Å². The van der Waals surface area contributed by atoms with E-state index in [-0.39, 0.29) is 22.0 Å². The van der Waals surface area contributed by atoms with E-state index in [1.165, 1.54) is 13.2 Å². The Kier molecular flexibility index (Phi) is 6.64. The summed E-state index contributed by atoms with van der Waals surface area (Å²) in [6.07, 6.45) is 4.42. The number of allylic oxidation sites excluding steroid dienone is 1. The van der Waals surface area contributed by atoms with Gasteiger partial charge in [0.2, 0.25) is 0 Å². The minimum Gasteiger partial charge on any atom is -0.373 e. The van der Waals surface area contributed by atoms with E-state index in [1.807, 2.05) is 23.9 Å². The summed E-state index contributed by atoms with van der Waals surface area (Å²) in [5, 5.41) is 8.89. The van der Waals surface area contributed by atoms with Gasteiger partial charge in [0, 0.05) is 36.9 Å². The molecule has 0 amide bonds. The van der Waals surface area contributed by atoms with E-state index in [2.05, 4.69) is 15.2 Å². The van der Waals surface area contributed by atoms with Crippen LogP contribution in [0.4, 0.5) is 17.6 Å². The molecule has 0 aliphatic heterocycles. The summed E-state index contributed by atoms with van der Waals surface area (Å²) >= 11 is 0. The van der Waals surface area contributed by atoms with Gasteiger partial charge < -0.3 is 4.74 Å². The number of hydrogen-bond donors (Lipinski definition) is 0. The smallest absolute Gasteiger partial charge is 0.373 e. The number of halogens is 4. The van der Waals surface area contributed by atoms with Crippen LogP contribution in [0.2, 0.25) is 0 Å². The van der Waals surface area contributed by atoms with Crippen molar-refractivity contribution in [3.63, 3.8) is 0 Å². The summed E-state index contributed by atoms with van der Waals surface area (Å²) in [6, 6.07) is 4.26. The van der Waals surface area contributed by atoms with Crippen molar-refractivity contribution < 1.29 is 22.3 Å². The molecular weight excluding hydrogens is 502 g/mol. The molecule has 11 heteroatoms. The zero-order chi connectivity index (χ0) is 27.2. The molecule has 0 N–H and O–H groups in total. The van der Waals surface area contributed by atoms with Gasteiger partial charge in [-0.25, -0.2) is 14.1 Å². The van der Waals surface area contributed by atoms with E-state index in [1.54, 1.807) is 19.4 Å². The van der Waals surface area contributed by atoms with Gasteiger partial charge in [-0.15, -0.1) is 0 Å². The number of hydrogen-bond acceptors (Lipinski definition) is 5. The first-order valence-electron chi connectivity index (χ1n) is 12.1. The number of ether oxygens (including phenoxy) is 1. The van der Waals surface area contributed by atoms with Crippen LogP contribution < -0.4 is 5.56 Å². The van der Waals surface area contributed by atoms with Crippen LogP contribution in [0, 0.1) is 5.82 Å². The van der Waals surface area contributed by atoms with Crippen LogP contribution in [0.15, 0.2) is 53.7 Å². The van der Waals surface area contributed by atoms with E-state index in [9.17, 15) is 18.0 Å². The number of aryl methyl sites for hydroxylation is 1. The van der Waals surface area contributed by atoms with Gasteiger partial charge in [-0.2, -0.15) is 23.4 Å². The molecule has 1 aromatic carbocycles. The maximum Gasteiger partial charge on any atom is 0.416 e. The molecular formula is C27H25F4N5O2. The fourth-order valence-electron chi connectivity index (χ4n) is 4.39. The quantitative estimate of drug-likeness (QED) is 0.281. The number of rotatable bonds is 7. The largest absolute Gasteiger partial charge is 0.416 e. The van der Waals surface area contributed by atoms with Crippen molar-refractivity contribution in [3.8, 4) is 11.3 Å². The molecule has 0 bridgehead atoms. The Balaban J connectivity index is 1.67. The average molecular weight is 528 g/mol. The predicted octanol–water partition coefficient (Wildman–Crippen LogP) is 5.87. The molecule has 198 valence electrons. The lowest BCUT2D eigenvalue weighted by molar-refractivity contribution is -0.137. The Morgan fingerprint density at radius 1 is 1.18 bits per heavy atom. The van der Waals surface area contributed by atoms with Crippen LogP contribution in [0.1, 0.15) is 55.2 Å². The molecule has 0 spiro atoms. The highest BCUT2D eigenvalue weighted by molar-refractivity contribution is 5.95. The zero-order valence-electron chi connectivity index (χ0n) is 21.0. The number of benzene rings is 1. The summed E-state index contributed by atoms with van der Waals surface area (Å²) in [7, 11) is 3.05. The minimum absolute atomic E-state index is 0.0313. The molecule has 1 fully saturated rings. The van der Waals surface area contributed by atoms with Crippen molar-refractivity contribution in [2.24, 2.45) is 7.05 Å². The van der Waals surface area contributed by atoms with E-state index in [0.717, 1.165) is 35.2 Å². The van der Waals surface area contributed by atoms with Crippen LogP contribution in [-0.2, 0) is 18.0 Å². The highest BCUT2D eigenvalue weighted by Crippen LogP contribution is 2.37. The van der Waals surface area contributed by atoms with Crippen LogP contribution in [0.3, 0.4) is 0 Å². The molecule has 0 saturated heterocycles. The van der Waals surface area contributed by atoms with E-state index in [0.29, 0.717) is 29.8 Å². The summed E-state index contributed by atoms with van der Waals surface area (Å²) in [5.74, 6) is -1.10. The predicted molar refractivity (Wildman–Crippen MR) is 134 cm³/mol. The maximum absolute atomic E-state index is 15.1. The van der Waals surface area contributed by atoms with Crippen molar-refractivity contribution in [3.05, 3.63) is 81.9 Å². The van der Waals surface area contributed by atoms with Crippen LogP contribution in [0.5, 0.6) is 0 Å². The van der Waals surface area contributed by atoms with E-state index < -0.39 is 29.2 Å². The second-order valence-corrected chi connectivity index (χ2v) is 9.27. The monoisotopic (exact) mass is 527 g/mol. The third-order valence-electron chi connectivity index (χ3n) is 6.68. The zero-order valence-corrected chi connectivity index (χ0v) is 21.0. The first-order chi connectivity index (χ1) is 18.1. The average Bonchev–Trinajstić information content (AvgIpc) is 3.63. The van der Waals surface area contributed by atoms with Crippen LogP contribution in [-0.4, -0.2) is 31.7 Å². The lowest BCUT2D eigenvalue weighted by Crippen LogP contribution is -2.19. The van der Waals surface area contributed by atoms with E-state index in [4.69, 9.17) is 4.74 Å². The Morgan fingerprint density at radius 3 is 2.58 bits per heavy atom. The summed E-state index contributed by atoms with van der Waals surface area (Å²) in [4.78, 5) is 17.6. The Labute approximate surface area is 215 Å². The summed E-state index contributed by atoms with van der Waals surface area (Å²) in [6.45, 7) is 1.90. The van der Waals surface area contributed by atoms with Crippen molar-refractivity contribution in [2.45, 2.75) is 44.5 Å². The lowest BCUT2D eigenvalue weighted by atomic mass is 9.99. The van der Waals surface area contributed by atoms with E-state index >= 15 is 4.39 Å². The van der Waals surface area contributed by atoms with Gasteiger partial charge in [0.05, 0.1) is 40.8 Å². The summed E-state index contributed by atoms with van der Waals surface area (Å²) < 4.78 is 63.3. The number of nitrogens with zero attached hydrogens (tertiary/aromatic N) is 5. The molecule has 5 rings (SSSR count). The number of aromatic nitrogens is 5. The molecule has 1 aliphatic rings. The Morgan fingerprint density at radius 2 is 1.95 bits per heavy atom. The van der Waals surface area contributed by atoms with Crippen LogP contribution >= 0.6 is 0 Å². The SMILES string of the molecule is CC/C(=C\C(OC)c1cnn(C2CC2)c1)c1cc2c(=O)n(C)ncc2c(-c2ccc(C(F)(F)F)cc2F)n1. The molecule has 1 saturated carbocycles. The van der Waals surface area contributed by atoms with Gasteiger partial charge in [0.15, 0.2) is 0 Å². The molecule has 3 aromatic heterocycles. The number of alkyl halides is 3. The molecule has 38 heavy (non-hydrogen) atoms. The number of methoxy groups -OCH3 is 1. The third kappa shape index (κ3) is 4.85. The first-order valence-corrected chi connectivity index (χ1v) is 12.1. The normalized spacial score (nSPS) is 15.3. The minimum atomic E-state index is -4.70. The Hall–Kier alpha value is -3.86. The van der Waals surface area contributed by atoms with Crippen molar-refractivity contribution in [1.82, 2.24) is 24.5 Å². The lowest BCUT2D eigenvalue weighted by Gasteiger charge is -2.15. The van der Waals surface area contributed by atoms with Crippen molar-refractivity contribution >= 4 is 16.3 Å². The number of fused-ring (bicyclic) bond motifs is 1. The van der Waals surface area contributed by atoms with Gasteiger partial charge in [-0.3, -0.25) is 9.48 Å². The molecule has 4 aromatic rings. The molecule has 3 heterocycles. The standard InChI is InChI=1S/C27H25F4N5O2/c1-4-15(9-24(38-3)16-12-33-36(14-16)18-6-7-18)23-11-20-21(13-32-35(2)26(20)37)25(34-23)19-8-5-17(10-22(19)28)27(29,30)31/h5,8-14,18,24H,4,6-7H2,1-3H3/b15-9+. The van der Waals surface area contributed by atoms with Gasteiger partial charge in [-0.1, -0.05) is 6.92 Å². The fraction of sp³-hybridized carbons (Fsp3) is 0.333. The molecule has 1 unspecified atom stereocenters. The highest BCUT2D eigenvalue weighted by Gasteiger charge is 2.32. The van der Waals surface area contributed by atoms with Crippen molar-refractivity contribution in [2.75, 3.05) is 7.11 Å². The molecule has 0 radical (unpaired) electrons. The topological polar surface area (TPSA) is 74.8 Å². The fourth-order valence-corrected chi connectivity index (χ4v) is 4.39. The highest BCUT2D eigenvalue weighted by atomic mass is 19.4. The maximum atomic E-state index is 15.1. The Bertz CT molecular complexity index is 1600. The molecule has 1 aliphatic carbocycles. The van der Waals surface area contributed by atoms with Crippen molar-refractivity contribution in [1.29, 1.82) is 0 Å². The third-order valence-corrected chi connectivity index (χ3v) is 6.68. The molecule has 1 atom stereocenters. The van der Waals surface area contributed by atoms with Crippen LogP contribution in [0.25, 0.3) is 27.6 Å². The second kappa shape index (κ2) is 9.79. The van der Waals surface area contributed by atoms with Gasteiger partial charge in [0.25, 0.3) is 5.56 Å². The molecule has 7 nitrogen and oxygen atoms in total. The summed E-state index contributed by atoms with van der Waals surface area (Å²) in [5.41, 5.74) is 0.259. The first kappa shape index (κ1) is 25.8. The van der Waals surface area contributed by atoms with Gasteiger partial charge >= 0.3 is 6.18 Å².